The highest BCUT2D eigenvalue weighted by Gasteiger charge is 2.48. The minimum absolute atomic E-state index is 0.0491. The van der Waals surface area contributed by atoms with Gasteiger partial charge in [-0.3, -0.25) is 24.1 Å². The van der Waals surface area contributed by atoms with E-state index in [1.807, 2.05) is 79.4 Å². The fraction of sp³-hybridized carbons (Fsp3) is 0.553. The van der Waals surface area contributed by atoms with E-state index in [2.05, 4.69) is 26.9 Å². The molecule has 2 saturated heterocycles. The highest BCUT2D eigenvalue weighted by Crippen LogP contribution is 2.33. The van der Waals surface area contributed by atoms with Crippen LogP contribution in [-0.4, -0.2) is 95.9 Å². The van der Waals surface area contributed by atoms with Crippen molar-refractivity contribution in [3.8, 4) is 6.07 Å². The number of hydrogen-bond donors (Lipinski definition) is 5. The molecule has 4 rings (SSSR count). The van der Waals surface area contributed by atoms with E-state index in [1.165, 1.54) is 0 Å². The molecule has 0 saturated carbocycles. The van der Waals surface area contributed by atoms with Gasteiger partial charge in [-0.05, 0) is 62.1 Å². The fourth-order valence-corrected chi connectivity index (χ4v) is 6.92. The van der Waals surface area contributed by atoms with Gasteiger partial charge < -0.3 is 32.3 Å². The van der Waals surface area contributed by atoms with Crippen LogP contribution in [0.5, 0.6) is 0 Å². The van der Waals surface area contributed by atoms with Crippen molar-refractivity contribution in [1.29, 1.82) is 5.26 Å². The first-order valence-electron chi connectivity index (χ1n) is 18.0. The average molecular weight is 687 g/mol. The number of fused-ring (bicyclic) bond motifs is 2. The lowest BCUT2D eigenvalue weighted by molar-refractivity contribution is -0.157. The first-order chi connectivity index (χ1) is 24.1. The zero-order valence-corrected chi connectivity index (χ0v) is 29.4. The Balaban J connectivity index is 1.46. The molecule has 12 nitrogen and oxygen atoms in total. The molecule has 0 aliphatic carbocycles. The van der Waals surface area contributed by atoms with Gasteiger partial charge in [0.05, 0.1) is 12.1 Å². The van der Waals surface area contributed by atoms with Crippen molar-refractivity contribution in [2.75, 3.05) is 26.2 Å². The van der Waals surface area contributed by atoms with E-state index in [0.29, 0.717) is 64.7 Å². The van der Waals surface area contributed by atoms with Crippen molar-refractivity contribution in [1.82, 2.24) is 25.8 Å². The zero-order chi connectivity index (χ0) is 36.0. The zero-order valence-electron chi connectivity index (χ0n) is 29.4. The molecule has 6 unspecified atom stereocenters. The number of unbranched alkanes of at least 4 members (excludes halogenated alkanes) is 1. The lowest BCUT2D eigenvalue weighted by Crippen LogP contribution is -2.72. The predicted molar refractivity (Wildman–Crippen MR) is 192 cm³/mol. The number of nitrogens with two attached hydrogens (primary N) is 2. The summed E-state index contributed by atoms with van der Waals surface area (Å²) in [5, 5.41) is 17.7. The molecule has 7 N–H and O–H groups in total. The predicted octanol–water partition coefficient (Wildman–Crippen LogP) is 1.63. The third kappa shape index (κ3) is 11.1. The Hall–Kier alpha value is -4.31. The van der Waals surface area contributed by atoms with E-state index in [4.69, 9.17) is 16.7 Å². The number of likely N-dealkylation sites (tertiary alicyclic amines) is 2. The summed E-state index contributed by atoms with van der Waals surface area (Å²) in [4.78, 5) is 59.2. The molecule has 0 radical (unpaired) electrons. The number of nitrogens with one attached hydrogen (secondary N) is 3. The third-order valence-corrected chi connectivity index (χ3v) is 9.52. The van der Waals surface area contributed by atoms with Crippen LogP contribution in [0.2, 0.25) is 0 Å². The summed E-state index contributed by atoms with van der Waals surface area (Å²) in [5.74, 6) is -1.48. The van der Waals surface area contributed by atoms with Crippen LogP contribution in [-0.2, 0) is 32.0 Å². The van der Waals surface area contributed by atoms with Gasteiger partial charge in [-0.25, -0.2) is 0 Å². The molecular weight excluding hydrogens is 632 g/mol. The van der Waals surface area contributed by atoms with Crippen LogP contribution in [0.3, 0.4) is 0 Å². The van der Waals surface area contributed by atoms with E-state index < -0.39 is 41.9 Å². The number of hydrogen-bond acceptors (Lipinski definition) is 8. The van der Waals surface area contributed by atoms with E-state index in [0.717, 1.165) is 17.5 Å². The number of rotatable bonds is 19. The Morgan fingerprint density at radius 2 is 1.38 bits per heavy atom. The molecule has 2 aromatic rings. The number of nitrogens with zero attached hydrogens (tertiary/aromatic N) is 3. The number of nitriles is 1. The second kappa shape index (κ2) is 19.2. The van der Waals surface area contributed by atoms with Crippen molar-refractivity contribution < 1.29 is 19.2 Å². The monoisotopic (exact) mass is 686 g/mol. The Labute approximate surface area is 296 Å². The van der Waals surface area contributed by atoms with Crippen molar-refractivity contribution in [2.45, 2.75) is 101 Å². The van der Waals surface area contributed by atoms with Crippen LogP contribution in [0.1, 0.15) is 63.5 Å². The number of carbonyl (C=O) groups is 4. The summed E-state index contributed by atoms with van der Waals surface area (Å²) in [5.41, 5.74) is 13.8. The van der Waals surface area contributed by atoms with Gasteiger partial charge in [0.2, 0.25) is 23.6 Å². The maximum absolute atomic E-state index is 14.0. The SMILES string of the molecule is CC(C)CC(NC(=O)C(Cc1ccccc1)NC(=O)C(N)Cc1ccccc1)C(=O)NC(CCCCN)C(=O)N1C2CC1CN(CCC#N)C2. The molecule has 2 aromatic carbocycles. The van der Waals surface area contributed by atoms with Crippen LogP contribution in [0.25, 0.3) is 0 Å². The fourth-order valence-electron chi connectivity index (χ4n) is 6.92. The molecule has 2 aliphatic heterocycles. The molecule has 2 aliphatic rings. The molecule has 4 amide bonds. The first kappa shape index (κ1) is 38.5. The van der Waals surface area contributed by atoms with Crippen LogP contribution in [0, 0.1) is 17.2 Å². The summed E-state index contributed by atoms with van der Waals surface area (Å²) in [6, 6.07) is 17.5. The van der Waals surface area contributed by atoms with Gasteiger partial charge in [-0.2, -0.15) is 5.26 Å². The Morgan fingerprint density at radius 1 is 0.820 bits per heavy atom. The van der Waals surface area contributed by atoms with Crippen molar-refractivity contribution >= 4 is 23.6 Å². The second-order valence-corrected chi connectivity index (χ2v) is 14.0. The topological polar surface area (TPSA) is 187 Å². The minimum Gasteiger partial charge on any atom is -0.343 e. The molecule has 12 heteroatoms. The van der Waals surface area contributed by atoms with Crippen molar-refractivity contribution in [3.63, 3.8) is 0 Å². The maximum Gasteiger partial charge on any atom is 0.245 e. The van der Waals surface area contributed by atoms with Gasteiger partial charge in [-0.15, -0.1) is 0 Å². The highest BCUT2D eigenvalue weighted by molar-refractivity contribution is 5.95. The number of carbonyl (C=O) groups excluding carboxylic acids is 4. The van der Waals surface area contributed by atoms with Crippen LogP contribution in [0.15, 0.2) is 60.7 Å². The standard InChI is InChI=1S/C38H54N8O4/c1-26(2)20-33(36(48)42-32(16-9-10-17-39)38(50)46-29-23-30(46)25-45(24-29)19-11-18-40)44-37(49)34(22-28-14-7-4-8-15-28)43-35(47)31(41)21-27-12-5-3-6-13-27/h3-8,12-15,26,29-34H,9-11,16-17,19-25,39,41H2,1-2H3,(H,42,48)(H,43,47)(H,44,49). The number of benzene rings is 2. The number of piperazine rings is 1. The molecule has 6 atom stereocenters. The van der Waals surface area contributed by atoms with E-state index in [1.54, 1.807) is 0 Å². The summed E-state index contributed by atoms with van der Waals surface area (Å²) >= 11 is 0. The Bertz CT molecular complexity index is 1440. The molecule has 0 aromatic heterocycles. The van der Waals surface area contributed by atoms with Gasteiger partial charge in [0.15, 0.2) is 0 Å². The summed E-state index contributed by atoms with van der Waals surface area (Å²) in [6.07, 6.45) is 4.02. The van der Waals surface area contributed by atoms with E-state index in [9.17, 15) is 19.2 Å². The Kier molecular flexibility index (Phi) is 14.8. The third-order valence-electron chi connectivity index (χ3n) is 9.52. The molecular formula is C38H54N8O4. The largest absolute Gasteiger partial charge is 0.343 e. The second-order valence-electron chi connectivity index (χ2n) is 14.0. The number of amides is 4. The van der Waals surface area contributed by atoms with Gasteiger partial charge in [-0.1, -0.05) is 74.5 Å². The average Bonchev–Trinajstić information content (AvgIpc) is 3.10. The van der Waals surface area contributed by atoms with E-state index >= 15 is 0 Å². The molecule has 0 spiro atoms. The van der Waals surface area contributed by atoms with E-state index in [-0.39, 0.29) is 30.3 Å². The van der Waals surface area contributed by atoms with Crippen molar-refractivity contribution in [3.05, 3.63) is 71.8 Å². The summed E-state index contributed by atoms with van der Waals surface area (Å²) in [6.45, 7) is 6.51. The molecule has 2 bridgehead atoms. The summed E-state index contributed by atoms with van der Waals surface area (Å²) in [7, 11) is 0. The van der Waals surface area contributed by atoms with Gasteiger partial charge >= 0.3 is 0 Å². The number of piperidine rings is 1. The molecule has 50 heavy (non-hydrogen) atoms. The normalized spacial score (nSPS) is 19.3. The first-order valence-corrected chi connectivity index (χ1v) is 18.0. The Morgan fingerprint density at radius 3 is 1.96 bits per heavy atom. The molecule has 2 heterocycles. The summed E-state index contributed by atoms with van der Waals surface area (Å²) < 4.78 is 0. The van der Waals surface area contributed by atoms with Gasteiger partial charge in [0.25, 0.3) is 0 Å². The van der Waals surface area contributed by atoms with Crippen molar-refractivity contribution in [2.24, 2.45) is 17.4 Å². The van der Waals surface area contributed by atoms with Crippen LogP contribution < -0.4 is 27.4 Å². The van der Waals surface area contributed by atoms with Crippen LogP contribution >= 0.6 is 0 Å². The quantitative estimate of drug-likeness (QED) is 0.138. The van der Waals surface area contributed by atoms with Crippen LogP contribution in [0.4, 0.5) is 0 Å². The lowest BCUT2D eigenvalue weighted by Gasteiger charge is -2.57. The lowest BCUT2D eigenvalue weighted by atomic mass is 9.86. The highest BCUT2D eigenvalue weighted by atomic mass is 16.2. The molecule has 270 valence electrons. The molecule has 2 fully saturated rings. The minimum atomic E-state index is -0.986. The maximum atomic E-state index is 14.0. The smallest absolute Gasteiger partial charge is 0.245 e. The van der Waals surface area contributed by atoms with Gasteiger partial charge in [0, 0.05) is 44.6 Å². The van der Waals surface area contributed by atoms with Gasteiger partial charge in [0.1, 0.15) is 18.1 Å².